The number of rotatable bonds is 3. The fourth-order valence-electron chi connectivity index (χ4n) is 2.78. The van der Waals surface area contributed by atoms with Gasteiger partial charge in [0.1, 0.15) is 0 Å². The Morgan fingerprint density at radius 2 is 2.21 bits per heavy atom. The smallest absolute Gasteiger partial charge is 0.173 e. The number of thioether (sulfide) groups is 1. The zero-order valence-electron chi connectivity index (χ0n) is 11.7. The molecule has 1 aromatic rings. The van der Waals surface area contributed by atoms with Crippen LogP contribution in [-0.4, -0.2) is 29.4 Å². The van der Waals surface area contributed by atoms with Crippen molar-refractivity contribution in [3.05, 3.63) is 23.8 Å². The van der Waals surface area contributed by atoms with E-state index in [1.807, 2.05) is 18.4 Å². The summed E-state index contributed by atoms with van der Waals surface area (Å²) in [4.78, 5) is 3.40. The van der Waals surface area contributed by atoms with Gasteiger partial charge in [-0.25, -0.2) is 0 Å². The van der Waals surface area contributed by atoms with Gasteiger partial charge in [0, 0.05) is 22.7 Å². The third kappa shape index (κ3) is 2.52. The van der Waals surface area contributed by atoms with E-state index >= 15 is 0 Å². The second-order valence-electron chi connectivity index (χ2n) is 5.41. The van der Waals surface area contributed by atoms with Crippen LogP contribution in [0.1, 0.15) is 32.3 Å². The van der Waals surface area contributed by atoms with Crippen molar-refractivity contribution in [3.8, 4) is 0 Å². The number of oxime groups is 1. The van der Waals surface area contributed by atoms with E-state index < -0.39 is 0 Å². The van der Waals surface area contributed by atoms with Gasteiger partial charge >= 0.3 is 0 Å². The van der Waals surface area contributed by atoms with Crippen molar-refractivity contribution < 1.29 is 5.21 Å². The van der Waals surface area contributed by atoms with Crippen LogP contribution in [-0.2, 0) is 0 Å². The van der Waals surface area contributed by atoms with E-state index in [9.17, 15) is 0 Å². The third-order valence-corrected chi connectivity index (χ3v) is 4.56. The molecule has 0 amide bonds. The molecule has 19 heavy (non-hydrogen) atoms. The van der Waals surface area contributed by atoms with Gasteiger partial charge in [-0.1, -0.05) is 11.2 Å². The van der Waals surface area contributed by atoms with Crippen LogP contribution in [0.5, 0.6) is 0 Å². The monoisotopic (exact) mass is 279 g/mol. The normalized spacial score (nSPS) is 18.9. The van der Waals surface area contributed by atoms with Crippen LogP contribution < -0.4 is 10.6 Å². The maximum Gasteiger partial charge on any atom is 0.173 e. The summed E-state index contributed by atoms with van der Waals surface area (Å²) in [6.45, 7) is 5.49. The lowest BCUT2D eigenvalue weighted by Gasteiger charge is -2.35. The molecule has 2 rings (SSSR count). The van der Waals surface area contributed by atoms with Gasteiger partial charge in [0.25, 0.3) is 0 Å². The Hall–Kier alpha value is -1.36. The Bertz CT molecular complexity index is 499. The highest BCUT2D eigenvalue weighted by Crippen LogP contribution is 2.38. The molecule has 104 valence electrons. The number of anilines is 1. The molecule has 1 saturated heterocycles. The summed E-state index contributed by atoms with van der Waals surface area (Å²) < 4.78 is 0. The fraction of sp³-hybridized carbons (Fsp3) is 0.500. The molecule has 0 saturated carbocycles. The number of hydrogen-bond donors (Lipinski definition) is 2. The lowest BCUT2D eigenvalue weighted by molar-refractivity contribution is 0.318. The van der Waals surface area contributed by atoms with E-state index in [1.54, 1.807) is 11.8 Å². The van der Waals surface area contributed by atoms with Crippen LogP contribution in [0.3, 0.4) is 0 Å². The van der Waals surface area contributed by atoms with E-state index in [0.717, 1.165) is 29.1 Å². The highest BCUT2D eigenvalue weighted by molar-refractivity contribution is 7.98. The highest BCUT2D eigenvalue weighted by atomic mass is 32.2. The molecular formula is C14H21N3OS. The van der Waals surface area contributed by atoms with Crippen molar-refractivity contribution in [1.29, 1.82) is 0 Å². The van der Waals surface area contributed by atoms with Crippen molar-refractivity contribution in [1.82, 2.24) is 0 Å². The van der Waals surface area contributed by atoms with E-state index in [2.05, 4.69) is 30.0 Å². The summed E-state index contributed by atoms with van der Waals surface area (Å²) in [6, 6.07) is 6.09. The molecule has 1 aliphatic rings. The van der Waals surface area contributed by atoms with E-state index in [1.165, 1.54) is 6.42 Å². The molecule has 1 aromatic carbocycles. The molecule has 3 N–H and O–H groups in total. The van der Waals surface area contributed by atoms with Gasteiger partial charge in [-0.2, -0.15) is 0 Å². The lowest BCUT2D eigenvalue weighted by Crippen LogP contribution is -2.39. The average Bonchev–Trinajstić information content (AvgIpc) is 2.76. The van der Waals surface area contributed by atoms with Gasteiger partial charge in [-0.05, 0) is 45.1 Å². The quantitative estimate of drug-likeness (QED) is 0.294. The Kier molecular flexibility index (Phi) is 3.94. The summed E-state index contributed by atoms with van der Waals surface area (Å²) >= 11 is 1.61. The number of benzene rings is 1. The molecule has 0 aromatic heterocycles. The number of nitrogens with zero attached hydrogens (tertiary/aromatic N) is 2. The second-order valence-corrected chi connectivity index (χ2v) is 6.26. The molecule has 0 unspecified atom stereocenters. The summed E-state index contributed by atoms with van der Waals surface area (Å²) in [5.41, 5.74) is 7.90. The minimum atomic E-state index is 0.113. The highest BCUT2D eigenvalue weighted by Gasteiger charge is 2.34. The van der Waals surface area contributed by atoms with Gasteiger partial charge in [0.2, 0.25) is 0 Å². The minimum absolute atomic E-state index is 0.113. The first-order valence-corrected chi connectivity index (χ1v) is 7.66. The molecule has 0 bridgehead atoms. The molecule has 0 aliphatic carbocycles. The van der Waals surface area contributed by atoms with Gasteiger partial charge in [-0.15, -0.1) is 11.8 Å². The number of hydrogen-bond acceptors (Lipinski definition) is 4. The van der Waals surface area contributed by atoms with Gasteiger partial charge in [-0.3, -0.25) is 0 Å². The minimum Gasteiger partial charge on any atom is -0.409 e. The van der Waals surface area contributed by atoms with Crippen molar-refractivity contribution >= 4 is 23.3 Å². The van der Waals surface area contributed by atoms with E-state index in [0.29, 0.717) is 0 Å². The Labute approximate surface area is 118 Å². The van der Waals surface area contributed by atoms with Gasteiger partial charge < -0.3 is 15.8 Å². The fourth-order valence-corrected chi connectivity index (χ4v) is 3.40. The number of amidine groups is 1. The van der Waals surface area contributed by atoms with Crippen LogP contribution in [0.4, 0.5) is 5.69 Å². The molecule has 5 heteroatoms. The maximum atomic E-state index is 9.04. The Morgan fingerprint density at radius 1 is 1.47 bits per heavy atom. The third-order valence-electron chi connectivity index (χ3n) is 3.78. The van der Waals surface area contributed by atoms with Crippen LogP contribution >= 0.6 is 11.8 Å². The van der Waals surface area contributed by atoms with Crippen LogP contribution in [0.25, 0.3) is 0 Å². The van der Waals surface area contributed by atoms with Gasteiger partial charge in [0.15, 0.2) is 5.84 Å². The van der Waals surface area contributed by atoms with Gasteiger partial charge in [0.05, 0.1) is 5.56 Å². The van der Waals surface area contributed by atoms with Crippen LogP contribution in [0.2, 0.25) is 0 Å². The number of nitrogens with two attached hydrogens (primary N) is 1. The molecular weight excluding hydrogens is 258 g/mol. The predicted octanol–water partition coefficient (Wildman–Crippen LogP) is 2.88. The average molecular weight is 279 g/mol. The zero-order chi connectivity index (χ0) is 14.0. The first-order valence-electron chi connectivity index (χ1n) is 6.44. The van der Waals surface area contributed by atoms with Crippen molar-refractivity contribution in [2.75, 3.05) is 17.7 Å². The van der Waals surface area contributed by atoms with Crippen molar-refractivity contribution in [2.45, 2.75) is 37.1 Å². The molecule has 1 aliphatic heterocycles. The topological polar surface area (TPSA) is 61.8 Å². The molecule has 4 nitrogen and oxygen atoms in total. The first-order chi connectivity index (χ1) is 9.01. The van der Waals surface area contributed by atoms with E-state index in [-0.39, 0.29) is 11.4 Å². The van der Waals surface area contributed by atoms with Crippen LogP contribution in [0, 0.1) is 0 Å². The van der Waals surface area contributed by atoms with Crippen molar-refractivity contribution in [2.24, 2.45) is 10.9 Å². The van der Waals surface area contributed by atoms with Crippen LogP contribution in [0.15, 0.2) is 28.3 Å². The largest absolute Gasteiger partial charge is 0.409 e. The molecule has 1 heterocycles. The molecule has 1 fully saturated rings. The van der Waals surface area contributed by atoms with E-state index in [4.69, 9.17) is 10.9 Å². The Morgan fingerprint density at radius 3 is 2.74 bits per heavy atom. The predicted molar refractivity (Wildman–Crippen MR) is 81.4 cm³/mol. The summed E-state index contributed by atoms with van der Waals surface area (Å²) in [5.74, 6) is 0.183. The first kappa shape index (κ1) is 14.1. The Balaban J connectivity index is 2.57. The molecule has 0 spiro atoms. The summed E-state index contributed by atoms with van der Waals surface area (Å²) in [7, 11) is 0. The van der Waals surface area contributed by atoms with Crippen molar-refractivity contribution in [3.63, 3.8) is 0 Å². The molecule has 0 radical (unpaired) electrons. The summed E-state index contributed by atoms with van der Waals surface area (Å²) in [6.07, 6.45) is 4.33. The second kappa shape index (κ2) is 5.33. The molecule has 0 atom stereocenters. The summed E-state index contributed by atoms with van der Waals surface area (Å²) in [5, 5.41) is 12.2. The zero-order valence-corrected chi connectivity index (χ0v) is 12.5. The lowest BCUT2D eigenvalue weighted by atomic mass is 10.0. The SMILES string of the molecule is CSc1cccc(N2CCCC2(C)C)c1/C(N)=N/O. The maximum absolute atomic E-state index is 9.04. The standard InChI is InChI=1S/C14H21N3OS/c1-14(2)8-5-9-17(14)10-6-4-7-11(19-3)12(10)13(15)16-18/h4,6-7,18H,5,8-9H2,1-3H3,(H2,15,16).